The lowest BCUT2D eigenvalue weighted by Gasteiger charge is -2.30. The molecule has 1 N–H and O–H groups in total. The van der Waals surface area contributed by atoms with Crippen LogP contribution in [-0.4, -0.2) is 17.7 Å². The molecule has 1 aromatic rings. The lowest BCUT2D eigenvalue weighted by Crippen LogP contribution is -2.49. The maximum Gasteiger partial charge on any atom is 0.220 e. The average Bonchev–Trinajstić information content (AvgIpc) is 2.42. The van der Waals surface area contributed by atoms with Gasteiger partial charge in [-0.2, -0.15) is 0 Å². The molecule has 1 aromatic carbocycles. The zero-order chi connectivity index (χ0) is 16.0. The van der Waals surface area contributed by atoms with Gasteiger partial charge in [0.25, 0.3) is 0 Å². The van der Waals surface area contributed by atoms with Crippen LogP contribution in [0.25, 0.3) is 0 Å². The number of rotatable bonds is 6. The molecule has 0 fully saturated rings. The number of benzene rings is 1. The van der Waals surface area contributed by atoms with E-state index in [1.807, 2.05) is 20.8 Å². The molecule has 0 saturated carbocycles. The highest BCUT2D eigenvalue weighted by atomic mass is 19.1. The third-order valence-electron chi connectivity index (χ3n) is 3.40. The normalized spacial score (nSPS) is 12.8. The summed E-state index contributed by atoms with van der Waals surface area (Å²) < 4.78 is 12.8. The molecule has 1 amide bonds. The van der Waals surface area contributed by atoms with Crippen molar-refractivity contribution in [3.63, 3.8) is 0 Å². The summed E-state index contributed by atoms with van der Waals surface area (Å²) in [7, 11) is 0. The van der Waals surface area contributed by atoms with Gasteiger partial charge in [0.05, 0.1) is 6.04 Å². The smallest absolute Gasteiger partial charge is 0.220 e. The Morgan fingerprint density at radius 1 is 1.19 bits per heavy atom. The van der Waals surface area contributed by atoms with Gasteiger partial charge in [0.2, 0.25) is 5.91 Å². The summed E-state index contributed by atoms with van der Waals surface area (Å²) in [6, 6.07) is 5.63. The molecule has 0 aliphatic rings. The average molecular weight is 293 g/mol. The highest BCUT2D eigenvalue weighted by molar-refractivity contribution is 5.89. The minimum absolute atomic E-state index is 0.0395. The molecule has 0 aliphatic carbocycles. The minimum Gasteiger partial charge on any atom is -0.346 e. The fourth-order valence-corrected chi connectivity index (χ4v) is 2.13. The van der Waals surface area contributed by atoms with Crippen molar-refractivity contribution in [2.75, 3.05) is 0 Å². The van der Waals surface area contributed by atoms with Crippen LogP contribution in [0.1, 0.15) is 46.1 Å². The van der Waals surface area contributed by atoms with Gasteiger partial charge in [-0.15, -0.1) is 0 Å². The van der Waals surface area contributed by atoms with E-state index in [-0.39, 0.29) is 29.3 Å². The second-order valence-electron chi connectivity index (χ2n) is 6.31. The van der Waals surface area contributed by atoms with Crippen molar-refractivity contribution in [2.45, 2.75) is 53.0 Å². The van der Waals surface area contributed by atoms with Crippen LogP contribution in [0.5, 0.6) is 0 Å². The summed E-state index contributed by atoms with van der Waals surface area (Å²) in [4.78, 5) is 24.0. The number of aryl methyl sites for hydroxylation is 1. The molecule has 1 atom stereocenters. The summed E-state index contributed by atoms with van der Waals surface area (Å²) >= 11 is 0. The molecule has 0 aromatic heterocycles. The SMILES string of the molecule is CCC(=O)C(NC(=O)CCc1ccc(F)cc1)C(C)(C)C. The number of ketones is 1. The molecule has 116 valence electrons. The monoisotopic (exact) mass is 293 g/mol. The zero-order valence-electron chi connectivity index (χ0n) is 13.2. The van der Waals surface area contributed by atoms with E-state index in [1.54, 1.807) is 19.1 Å². The van der Waals surface area contributed by atoms with Gasteiger partial charge in [-0.05, 0) is 29.5 Å². The Kier molecular flexibility index (Phi) is 6.06. The minimum atomic E-state index is -0.469. The molecule has 0 spiro atoms. The molecule has 0 heterocycles. The van der Waals surface area contributed by atoms with Crippen molar-refractivity contribution in [3.8, 4) is 0 Å². The molecule has 21 heavy (non-hydrogen) atoms. The van der Waals surface area contributed by atoms with Crippen molar-refractivity contribution in [1.29, 1.82) is 0 Å². The number of Topliss-reactive ketones (excluding diaryl/α,β-unsaturated/α-hetero) is 1. The Labute approximate surface area is 125 Å². The number of hydrogen-bond donors (Lipinski definition) is 1. The van der Waals surface area contributed by atoms with E-state index < -0.39 is 6.04 Å². The number of carbonyl (C=O) groups excluding carboxylic acids is 2. The molecule has 0 saturated heterocycles. The van der Waals surface area contributed by atoms with Crippen molar-refractivity contribution >= 4 is 11.7 Å². The van der Waals surface area contributed by atoms with Gasteiger partial charge >= 0.3 is 0 Å². The first-order valence-electron chi connectivity index (χ1n) is 7.30. The zero-order valence-corrected chi connectivity index (χ0v) is 13.2. The van der Waals surface area contributed by atoms with Gasteiger partial charge in [-0.3, -0.25) is 9.59 Å². The fraction of sp³-hybridized carbons (Fsp3) is 0.529. The molecular formula is C17H24FNO2. The van der Waals surface area contributed by atoms with E-state index in [0.717, 1.165) is 5.56 Å². The van der Waals surface area contributed by atoms with Gasteiger partial charge < -0.3 is 5.32 Å². The second-order valence-corrected chi connectivity index (χ2v) is 6.31. The standard InChI is InChI=1S/C17H24FNO2/c1-5-14(20)16(17(2,3)4)19-15(21)11-8-12-6-9-13(18)10-7-12/h6-7,9-10,16H,5,8,11H2,1-4H3,(H,19,21). The summed E-state index contributed by atoms with van der Waals surface area (Å²) in [5.41, 5.74) is 0.596. The predicted molar refractivity (Wildman–Crippen MR) is 81.4 cm³/mol. The van der Waals surface area contributed by atoms with Crippen LogP contribution in [0.15, 0.2) is 24.3 Å². The molecule has 0 bridgehead atoms. The van der Waals surface area contributed by atoms with E-state index in [2.05, 4.69) is 5.32 Å². The first-order chi connectivity index (χ1) is 9.74. The van der Waals surface area contributed by atoms with E-state index in [0.29, 0.717) is 12.8 Å². The Morgan fingerprint density at radius 3 is 2.24 bits per heavy atom. The summed E-state index contributed by atoms with van der Waals surface area (Å²) in [6.45, 7) is 7.61. The van der Waals surface area contributed by atoms with Crippen LogP contribution in [0.2, 0.25) is 0 Å². The van der Waals surface area contributed by atoms with Crippen molar-refractivity contribution in [1.82, 2.24) is 5.32 Å². The third kappa shape index (κ3) is 5.66. The number of nitrogens with one attached hydrogen (secondary N) is 1. The molecule has 3 nitrogen and oxygen atoms in total. The van der Waals surface area contributed by atoms with Gasteiger partial charge in [-0.1, -0.05) is 39.8 Å². The Bertz CT molecular complexity index is 489. The molecule has 0 radical (unpaired) electrons. The highest BCUT2D eigenvalue weighted by Crippen LogP contribution is 2.21. The lowest BCUT2D eigenvalue weighted by molar-refractivity contribution is -0.130. The molecule has 1 unspecified atom stereocenters. The molecule has 0 aliphatic heterocycles. The summed E-state index contributed by atoms with van der Waals surface area (Å²) in [6.07, 6.45) is 1.22. The number of amides is 1. The maximum absolute atomic E-state index is 12.8. The van der Waals surface area contributed by atoms with Gasteiger partial charge in [0.15, 0.2) is 5.78 Å². The van der Waals surface area contributed by atoms with Crippen LogP contribution in [-0.2, 0) is 16.0 Å². The Balaban J connectivity index is 2.58. The number of carbonyl (C=O) groups is 2. The first-order valence-corrected chi connectivity index (χ1v) is 7.30. The second kappa shape index (κ2) is 7.34. The van der Waals surface area contributed by atoms with Crippen LogP contribution >= 0.6 is 0 Å². The summed E-state index contributed by atoms with van der Waals surface area (Å²) in [5, 5.41) is 2.83. The fourth-order valence-electron chi connectivity index (χ4n) is 2.13. The van der Waals surface area contributed by atoms with Crippen molar-refractivity contribution in [3.05, 3.63) is 35.6 Å². The van der Waals surface area contributed by atoms with E-state index >= 15 is 0 Å². The number of halogens is 1. The van der Waals surface area contributed by atoms with Gasteiger partial charge in [0.1, 0.15) is 5.82 Å². The number of hydrogen-bond acceptors (Lipinski definition) is 2. The van der Waals surface area contributed by atoms with Crippen LogP contribution in [0, 0.1) is 11.2 Å². The van der Waals surface area contributed by atoms with E-state index in [9.17, 15) is 14.0 Å². The Hall–Kier alpha value is -1.71. The first kappa shape index (κ1) is 17.3. The quantitative estimate of drug-likeness (QED) is 0.875. The van der Waals surface area contributed by atoms with Gasteiger partial charge in [-0.25, -0.2) is 4.39 Å². The predicted octanol–water partition coefficient (Wildman–Crippen LogP) is 3.27. The van der Waals surface area contributed by atoms with E-state index in [4.69, 9.17) is 0 Å². The Morgan fingerprint density at radius 2 is 1.76 bits per heavy atom. The van der Waals surface area contributed by atoms with Crippen LogP contribution in [0.4, 0.5) is 4.39 Å². The maximum atomic E-state index is 12.8. The van der Waals surface area contributed by atoms with Gasteiger partial charge in [0, 0.05) is 12.8 Å². The summed E-state index contributed by atoms with van der Waals surface area (Å²) in [5.74, 6) is -0.400. The highest BCUT2D eigenvalue weighted by Gasteiger charge is 2.31. The van der Waals surface area contributed by atoms with Crippen LogP contribution < -0.4 is 5.32 Å². The largest absolute Gasteiger partial charge is 0.346 e. The molecule has 4 heteroatoms. The van der Waals surface area contributed by atoms with Crippen molar-refractivity contribution in [2.24, 2.45) is 5.41 Å². The molecule has 1 rings (SSSR count). The van der Waals surface area contributed by atoms with Crippen LogP contribution in [0.3, 0.4) is 0 Å². The van der Waals surface area contributed by atoms with Crippen molar-refractivity contribution < 1.29 is 14.0 Å². The topological polar surface area (TPSA) is 46.2 Å². The molecular weight excluding hydrogens is 269 g/mol. The lowest BCUT2D eigenvalue weighted by atomic mass is 9.83. The van der Waals surface area contributed by atoms with E-state index in [1.165, 1.54) is 12.1 Å². The third-order valence-corrected chi connectivity index (χ3v) is 3.40.